The number of benzene rings is 1. The summed E-state index contributed by atoms with van der Waals surface area (Å²) in [6.45, 7) is 6.10. The minimum atomic E-state index is 0.309. The summed E-state index contributed by atoms with van der Waals surface area (Å²) in [5, 5.41) is 3.44. The number of para-hydroxylation sites is 1. The number of rotatable bonds is 8. The lowest BCUT2D eigenvalue weighted by Gasteiger charge is -2.30. The molecule has 1 aromatic rings. The molecule has 0 saturated heterocycles. The zero-order valence-corrected chi connectivity index (χ0v) is 13.2. The normalized spacial score (nSPS) is 18.1. The van der Waals surface area contributed by atoms with Gasteiger partial charge in [0.05, 0.1) is 6.61 Å². The van der Waals surface area contributed by atoms with Crippen molar-refractivity contribution < 1.29 is 4.74 Å². The van der Waals surface area contributed by atoms with Gasteiger partial charge in [-0.2, -0.15) is 0 Å². The first-order valence-corrected chi connectivity index (χ1v) is 7.76. The zero-order valence-electron chi connectivity index (χ0n) is 13.2. The second kappa shape index (κ2) is 7.09. The van der Waals surface area contributed by atoms with E-state index in [4.69, 9.17) is 4.74 Å². The van der Waals surface area contributed by atoms with Crippen molar-refractivity contribution in [1.82, 2.24) is 10.2 Å². The summed E-state index contributed by atoms with van der Waals surface area (Å²) >= 11 is 0. The largest absolute Gasteiger partial charge is 0.494 e. The fourth-order valence-corrected chi connectivity index (χ4v) is 2.79. The van der Waals surface area contributed by atoms with E-state index in [1.54, 1.807) is 0 Å². The minimum Gasteiger partial charge on any atom is -0.494 e. The number of hydrogen-bond donors (Lipinski definition) is 1. The van der Waals surface area contributed by atoms with Crippen molar-refractivity contribution in [2.75, 3.05) is 27.2 Å². The highest BCUT2D eigenvalue weighted by Crippen LogP contribution is 2.35. The fraction of sp³-hybridized carbons (Fsp3) is 0.647. The lowest BCUT2D eigenvalue weighted by Crippen LogP contribution is -2.37. The second-order valence-corrected chi connectivity index (χ2v) is 5.83. The van der Waals surface area contributed by atoms with Crippen LogP contribution in [0.4, 0.5) is 0 Å². The van der Waals surface area contributed by atoms with Crippen LogP contribution in [0.25, 0.3) is 0 Å². The molecular weight excluding hydrogens is 248 g/mol. The average Bonchev–Trinajstić information content (AvgIpc) is 3.29. The molecular formula is C17H28N2O. The quantitative estimate of drug-likeness (QED) is 0.789. The third kappa shape index (κ3) is 3.74. The maximum atomic E-state index is 5.76. The Morgan fingerprint density at radius 2 is 2.05 bits per heavy atom. The molecule has 0 aliphatic heterocycles. The van der Waals surface area contributed by atoms with Crippen LogP contribution < -0.4 is 10.1 Å². The molecule has 1 aliphatic rings. The van der Waals surface area contributed by atoms with Gasteiger partial charge in [-0.05, 0) is 52.8 Å². The Labute approximate surface area is 123 Å². The van der Waals surface area contributed by atoms with Gasteiger partial charge in [-0.15, -0.1) is 0 Å². The summed E-state index contributed by atoms with van der Waals surface area (Å²) < 4.78 is 5.76. The predicted molar refractivity (Wildman–Crippen MR) is 84.2 cm³/mol. The van der Waals surface area contributed by atoms with Gasteiger partial charge in [-0.3, -0.25) is 0 Å². The molecule has 1 aliphatic carbocycles. The molecule has 2 rings (SSSR count). The van der Waals surface area contributed by atoms with Crippen molar-refractivity contribution in [2.24, 2.45) is 5.92 Å². The highest BCUT2D eigenvalue weighted by atomic mass is 16.5. The highest BCUT2D eigenvalue weighted by molar-refractivity contribution is 5.36. The van der Waals surface area contributed by atoms with Crippen molar-refractivity contribution in [1.29, 1.82) is 0 Å². The molecule has 0 heterocycles. The van der Waals surface area contributed by atoms with Gasteiger partial charge in [0.1, 0.15) is 5.75 Å². The molecule has 1 aromatic carbocycles. The summed E-state index contributed by atoms with van der Waals surface area (Å²) in [5.41, 5.74) is 1.26. The monoisotopic (exact) mass is 276 g/mol. The van der Waals surface area contributed by atoms with E-state index in [1.807, 2.05) is 20.0 Å². The standard InChI is InChI=1S/C17H28N2O/c1-5-20-17-9-7-6-8-15(17)16(18-3)12-19(4)13(2)14-10-11-14/h6-9,13-14,16,18H,5,10-12H2,1-4H3. The lowest BCUT2D eigenvalue weighted by molar-refractivity contribution is 0.211. The Morgan fingerprint density at radius 3 is 2.65 bits per heavy atom. The Kier molecular flexibility index (Phi) is 5.44. The molecule has 3 nitrogen and oxygen atoms in total. The first-order chi connectivity index (χ1) is 9.67. The van der Waals surface area contributed by atoms with Crippen LogP contribution in [-0.4, -0.2) is 38.2 Å². The van der Waals surface area contributed by atoms with Crippen molar-refractivity contribution in [3.05, 3.63) is 29.8 Å². The number of nitrogens with one attached hydrogen (secondary N) is 1. The Balaban J connectivity index is 2.07. The second-order valence-electron chi connectivity index (χ2n) is 5.83. The molecule has 112 valence electrons. The van der Waals surface area contributed by atoms with Gasteiger partial charge in [0.25, 0.3) is 0 Å². The van der Waals surface area contributed by atoms with Crippen molar-refractivity contribution in [2.45, 2.75) is 38.8 Å². The van der Waals surface area contributed by atoms with E-state index in [0.29, 0.717) is 18.7 Å². The number of likely N-dealkylation sites (N-methyl/N-ethyl adjacent to an activating group) is 2. The molecule has 0 amide bonds. The van der Waals surface area contributed by atoms with Crippen LogP contribution in [-0.2, 0) is 0 Å². The van der Waals surface area contributed by atoms with E-state index in [2.05, 4.69) is 42.4 Å². The molecule has 2 atom stereocenters. The number of hydrogen-bond acceptors (Lipinski definition) is 3. The van der Waals surface area contributed by atoms with Gasteiger partial charge < -0.3 is 15.0 Å². The maximum absolute atomic E-state index is 5.76. The van der Waals surface area contributed by atoms with Crippen LogP contribution in [0, 0.1) is 5.92 Å². The van der Waals surface area contributed by atoms with Crippen molar-refractivity contribution >= 4 is 0 Å². The molecule has 1 fully saturated rings. The Morgan fingerprint density at radius 1 is 1.35 bits per heavy atom. The van der Waals surface area contributed by atoms with Gasteiger partial charge >= 0.3 is 0 Å². The van der Waals surface area contributed by atoms with Crippen LogP contribution in [0.1, 0.15) is 38.3 Å². The number of nitrogens with zero attached hydrogens (tertiary/aromatic N) is 1. The topological polar surface area (TPSA) is 24.5 Å². The molecule has 0 aromatic heterocycles. The Hall–Kier alpha value is -1.06. The molecule has 3 heteroatoms. The van der Waals surface area contributed by atoms with Crippen LogP contribution in [0.5, 0.6) is 5.75 Å². The van der Waals surface area contributed by atoms with Crippen LogP contribution >= 0.6 is 0 Å². The SMILES string of the molecule is CCOc1ccccc1C(CN(C)C(C)C1CC1)NC. The highest BCUT2D eigenvalue weighted by Gasteiger charge is 2.31. The van der Waals surface area contributed by atoms with Crippen LogP contribution in [0.2, 0.25) is 0 Å². The zero-order chi connectivity index (χ0) is 14.5. The van der Waals surface area contributed by atoms with E-state index >= 15 is 0 Å². The van der Waals surface area contributed by atoms with Gasteiger partial charge in [-0.25, -0.2) is 0 Å². The van der Waals surface area contributed by atoms with Crippen LogP contribution in [0.3, 0.4) is 0 Å². The van der Waals surface area contributed by atoms with E-state index in [1.165, 1.54) is 18.4 Å². The van der Waals surface area contributed by atoms with Gasteiger partial charge in [0.2, 0.25) is 0 Å². The Bertz CT molecular complexity index is 417. The summed E-state index contributed by atoms with van der Waals surface area (Å²) in [6.07, 6.45) is 2.79. The molecule has 1 saturated carbocycles. The van der Waals surface area contributed by atoms with Crippen LogP contribution in [0.15, 0.2) is 24.3 Å². The summed E-state index contributed by atoms with van der Waals surface area (Å²) in [6, 6.07) is 9.34. The molecule has 0 bridgehead atoms. The van der Waals surface area contributed by atoms with Gasteiger partial charge in [0, 0.05) is 24.2 Å². The first-order valence-electron chi connectivity index (χ1n) is 7.76. The van der Waals surface area contributed by atoms with E-state index in [-0.39, 0.29) is 0 Å². The third-order valence-electron chi connectivity index (χ3n) is 4.41. The molecule has 2 unspecified atom stereocenters. The van der Waals surface area contributed by atoms with Crippen molar-refractivity contribution in [3.8, 4) is 5.75 Å². The lowest BCUT2D eigenvalue weighted by atomic mass is 10.0. The maximum Gasteiger partial charge on any atom is 0.124 e. The molecule has 0 spiro atoms. The predicted octanol–water partition coefficient (Wildman–Crippen LogP) is 3.08. The van der Waals surface area contributed by atoms with Gasteiger partial charge in [0.15, 0.2) is 0 Å². The first kappa shape index (κ1) is 15.3. The summed E-state index contributed by atoms with van der Waals surface area (Å²) in [4.78, 5) is 2.47. The van der Waals surface area contributed by atoms with E-state index in [9.17, 15) is 0 Å². The third-order valence-corrected chi connectivity index (χ3v) is 4.41. The summed E-state index contributed by atoms with van der Waals surface area (Å²) in [5.74, 6) is 1.90. The molecule has 1 N–H and O–H groups in total. The molecule has 20 heavy (non-hydrogen) atoms. The van der Waals surface area contributed by atoms with E-state index < -0.39 is 0 Å². The average molecular weight is 276 g/mol. The summed E-state index contributed by atoms with van der Waals surface area (Å²) in [7, 11) is 4.26. The number of ether oxygens (including phenoxy) is 1. The minimum absolute atomic E-state index is 0.309. The fourth-order valence-electron chi connectivity index (χ4n) is 2.79. The smallest absolute Gasteiger partial charge is 0.124 e. The van der Waals surface area contributed by atoms with Gasteiger partial charge in [-0.1, -0.05) is 18.2 Å². The van der Waals surface area contributed by atoms with E-state index in [0.717, 1.165) is 18.2 Å². The molecule has 0 radical (unpaired) electrons. The van der Waals surface area contributed by atoms with Crippen molar-refractivity contribution in [3.63, 3.8) is 0 Å².